The number of methoxy groups -OCH3 is 1. The van der Waals surface area contributed by atoms with E-state index in [-0.39, 0.29) is 29.3 Å². The van der Waals surface area contributed by atoms with Crippen LogP contribution >= 0.6 is 0 Å². The van der Waals surface area contributed by atoms with Crippen LogP contribution in [0.25, 0.3) is 11.0 Å². The number of amides is 1. The normalized spacial score (nSPS) is 24.8. The molecule has 37 heavy (non-hydrogen) atoms. The van der Waals surface area contributed by atoms with E-state index in [1.54, 1.807) is 13.2 Å². The van der Waals surface area contributed by atoms with E-state index in [0.717, 1.165) is 37.8 Å². The smallest absolute Gasteiger partial charge is 0.263 e. The molecule has 0 aromatic carbocycles. The molecule has 3 aliphatic heterocycles. The summed E-state index contributed by atoms with van der Waals surface area (Å²) in [5.41, 5.74) is 2.54. The van der Waals surface area contributed by atoms with Crippen LogP contribution in [0.1, 0.15) is 43.4 Å². The summed E-state index contributed by atoms with van der Waals surface area (Å²) in [6, 6.07) is 7.32. The van der Waals surface area contributed by atoms with Gasteiger partial charge in [-0.15, -0.1) is 0 Å². The van der Waals surface area contributed by atoms with Crippen molar-refractivity contribution in [3.8, 4) is 11.6 Å². The molecule has 0 radical (unpaired) electrons. The Morgan fingerprint density at radius 2 is 2.00 bits per heavy atom. The monoisotopic (exact) mass is 507 g/mol. The van der Waals surface area contributed by atoms with Gasteiger partial charge in [0.15, 0.2) is 18.2 Å². The maximum atomic E-state index is 14.9. The average Bonchev–Trinajstić information content (AvgIpc) is 3.21. The first kappa shape index (κ1) is 24.0. The third kappa shape index (κ3) is 4.71. The number of carbonyl (C=O) groups is 1. The van der Waals surface area contributed by atoms with Crippen molar-refractivity contribution in [1.29, 1.82) is 0 Å². The van der Waals surface area contributed by atoms with E-state index < -0.39 is 0 Å². The van der Waals surface area contributed by atoms with E-state index >= 15 is 0 Å². The molecule has 2 saturated heterocycles. The van der Waals surface area contributed by atoms with Gasteiger partial charge in [-0.05, 0) is 62.1 Å². The standard InChI is InChI=1S/C27H30FN5O4/c1-35-23-5-3-20-24(33-23)18(19(28)13-29-20)6-7-26-8-10-27(11-9-26,16-36-15-26)30-12-17-2-4-21-25(31-17)32-22(34)14-37-21/h2-5,13,30H,6-12,14-16H2,1H3,(H,31,32,34). The Hall–Kier alpha value is -3.37. The van der Waals surface area contributed by atoms with Crippen molar-refractivity contribution in [2.75, 3.05) is 32.2 Å². The van der Waals surface area contributed by atoms with Gasteiger partial charge in [0.2, 0.25) is 5.88 Å². The van der Waals surface area contributed by atoms with E-state index in [1.807, 2.05) is 18.2 Å². The maximum absolute atomic E-state index is 14.9. The molecule has 2 bridgehead atoms. The molecule has 3 fully saturated rings. The van der Waals surface area contributed by atoms with Crippen molar-refractivity contribution in [2.24, 2.45) is 5.41 Å². The lowest BCUT2D eigenvalue weighted by Gasteiger charge is -2.42. The fraction of sp³-hybridized carbons (Fsp3) is 0.481. The number of rotatable bonds is 7. The maximum Gasteiger partial charge on any atom is 0.263 e. The number of ether oxygens (including phenoxy) is 3. The predicted octanol–water partition coefficient (Wildman–Crippen LogP) is 3.56. The first-order chi connectivity index (χ1) is 18.0. The molecule has 6 heterocycles. The highest BCUT2D eigenvalue weighted by Crippen LogP contribution is 2.47. The number of halogens is 1. The van der Waals surface area contributed by atoms with Crippen LogP contribution in [-0.2, 0) is 22.5 Å². The molecule has 1 amide bonds. The third-order valence-electron chi connectivity index (χ3n) is 8.09. The fourth-order valence-corrected chi connectivity index (χ4v) is 5.76. The van der Waals surface area contributed by atoms with Crippen LogP contribution in [-0.4, -0.2) is 53.3 Å². The van der Waals surface area contributed by atoms with Crippen LogP contribution in [0.15, 0.2) is 30.5 Å². The van der Waals surface area contributed by atoms with Gasteiger partial charge in [0.25, 0.3) is 5.91 Å². The third-order valence-corrected chi connectivity index (χ3v) is 8.09. The van der Waals surface area contributed by atoms with Gasteiger partial charge in [-0.1, -0.05) is 0 Å². The molecule has 9 nitrogen and oxygen atoms in total. The Morgan fingerprint density at radius 1 is 1.14 bits per heavy atom. The second-order valence-electron chi connectivity index (χ2n) is 10.4. The van der Waals surface area contributed by atoms with Gasteiger partial charge < -0.3 is 24.8 Å². The summed E-state index contributed by atoms with van der Waals surface area (Å²) in [5.74, 6) is 0.989. The van der Waals surface area contributed by atoms with E-state index in [9.17, 15) is 9.18 Å². The van der Waals surface area contributed by atoms with Gasteiger partial charge in [0.1, 0.15) is 5.82 Å². The van der Waals surface area contributed by atoms with E-state index in [2.05, 4.69) is 25.6 Å². The van der Waals surface area contributed by atoms with Crippen molar-refractivity contribution < 1.29 is 23.4 Å². The zero-order chi connectivity index (χ0) is 25.5. The van der Waals surface area contributed by atoms with Gasteiger partial charge in [0, 0.05) is 23.7 Å². The first-order valence-corrected chi connectivity index (χ1v) is 12.7. The topological polar surface area (TPSA) is 107 Å². The second kappa shape index (κ2) is 9.50. The fourth-order valence-electron chi connectivity index (χ4n) is 5.76. The minimum absolute atomic E-state index is 0.00820. The number of aryl methyl sites for hydroxylation is 1. The van der Waals surface area contributed by atoms with E-state index in [0.29, 0.717) is 60.2 Å². The molecule has 4 aliphatic rings. The highest BCUT2D eigenvalue weighted by atomic mass is 19.1. The first-order valence-electron chi connectivity index (χ1n) is 12.7. The number of nitrogens with zero attached hydrogens (tertiary/aromatic N) is 3. The number of aromatic nitrogens is 3. The van der Waals surface area contributed by atoms with Crippen molar-refractivity contribution in [1.82, 2.24) is 20.3 Å². The summed E-state index contributed by atoms with van der Waals surface area (Å²) in [6.07, 6.45) is 6.64. The van der Waals surface area contributed by atoms with Gasteiger partial charge in [0.05, 0.1) is 43.2 Å². The molecule has 3 aromatic rings. The van der Waals surface area contributed by atoms with Gasteiger partial charge in [-0.25, -0.2) is 14.4 Å². The average molecular weight is 508 g/mol. The van der Waals surface area contributed by atoms with Crippen molar-refractivity contribution in [3.63, 3.8) is 0 Å². The molecule has 3 aromatic heterocycles. The van der Waals surface area contributed by atoms with Crippen LogP contribution in [0.5, 0.6) is 11.6 Å². The Balaban J connectivity index is 1.12. The zero-order valence-corrected chi connectivity index (χ0v) is 20.8. The lowest BCUT2D eigenvalue weighted by molar-refractivity contribution is -0.118. The van der Waals surface area contributed by atoms with E-state index in [1.165, 1.54) is 6.20 Å². The van der Waals surface area contributed by atoms with Crippen LogP contribution in [0, 0.1) is 11.2 Å². The number of carbonyl (C=O) groups excluding carboxylic acids is 1. The Kier molecular flexibility index (Phi) is 6.16. The highest BCUT2D eigenvalue weighted by Gasteiger charge is 2.46. The van der Waals surface area contributed by atoms with Crippen molar-refractivity contribution in [2.45, 2.75) is 50.6 Å². The molecular weight excluding hydrogens is 477 g/mol. The molecule has 7 rings (SSSR count). The molecule has 194 valence electrons. The summed E-state index contributed by atoms with van der Waals surface area (Å²) >= 11 is 0. The number of anilines is 1. The Bertz CT molecular complexity index is 1340. The summed E-state index contributed by atoms with van der Waals surface area (Å²) in [4.78, 5) is 24.9. The largest absolute Gasteiger partial charge is 0.481 e. The molecule has 2 N–H and O–H groups in total. The Labute approximate surface area is 214 Å². The number of hydrogen-bond acceptors (Lipinski definition) is 8. The zero-order valence-electron chi connectivity index (χ0n) is 20.8. The molecule has 10 heteroatoms. The van der Waals surface area contributed by atoms with Gasteiger partial charge >= 0.3 is 0 Å². The van der Waals surface area contributed by atoms with Crippen molar-refractivity contribution >= 4 is 22.8 Å². The molecule has 0 atom stereocenters. The second-order valence-corrected chi connectivity index (χ2v) is 10.4. The summed E-state index contributed by atoms with van der Waals surface area (Å²) < 4.78 is 31.7. The molecule has 1 aliphatic carbocycles. The predicted molar refractivity (Wildman–Crippen MR) is 134 cm³/mol. The van der Waals surface area contributed by atoms with Gasteiger partial charge in [-0.3, -0.25) is 9.78 Å². The SMILES string of the molecule is COc1ccc2ncc(F)c(CCC34CCC(NCc5ccc6c(n5)NC(=O)CO6)(CC3)COC4)c2n1. The van der Waals surface area contributed by atoms with Crippen molar-refractivity contribution in [3.05, 3.63) is 47.5 Å². The number of fused-ring (bicyclic) bond motifs is 6. The minimum atomic E-state index is -0.329. The number of pyridine rings is 3. The molecular formula is C27H30FN5O4. The molecule has 1 saturated carbocycles. The number of hydrogen-bond donors (Lipinski definition) is 2. The highest BCUT2D eigenvalue weighted by molar-refractivity contribution is 5.94. The van der Waals surface area contributed by atoms with E-state index in [4.69, 9.17) is 14.2 Å². The minimum Gasteiger partial charge on any atom is -0.481 e. The van der Waals surface area contributed by atoms with Crippen LogP contribution in [0.4, 0.5) is 10.2 Å². The summed E-state index contributed by atoms with van der Waals surface area (Å²) in [7, 11) is 1.55. The summed E-state index contributed by atoms with van der Waals surface area (Å²) in [6.45, 7) is 1.88. The number of nitrogens with one attached hydrogen (secondary N) is 2. The quantitative estimate of drug-likeness (QED) is 0.500. The van der Waals surface area contributed by atoms with Crippen LogP contribution in [0.2, 0.25) is 0 Å². The molecule has 0 spiro atoms. The summed E-state index contributed by atoms with van der Waals surface area (Å²) in [5, 5.41) is 6.46. The van der Waals surface area contributed by atoms with Crippen LogP contribution in [0.3, 0.4) is 0 Å². The van der Waals surface area contributed by atoms with Crippen LogP contribution < -0.4 is 20.1 Å². The lowest BCUT2D eigenvalue weighted by atomic mass is 9.66. The van der Waals surface area contributed by atoms with Gasteiger partial charge in [-0.2, -0.15) is 0 Å². The Morgan fingerprint density at radius 3 is 2.84 bits per heavy atom. The lowest BCUT2D eigenvalue weighted by Crippen LogP contribution is -2.50. The molecule has 0 unspecified atom stereocenters.